The van der Waals surface area contributed by atoms with Crippen LogP contribution >= 0.6 is 0 Å². The molecule has 2 N–H and O–H groups in total. The zero-order valence-electron chi connectivity index (χ0n) is 11.1. The van der Waals surface area contributed by atoms with Crippen LogP contribution in [0.5, 0.6) is 0 Å². The first kappa shape index (κ1) is 12.8. The molecule has 1 aromatic carbocycles. The van der Waals surface area contributed by atoms with Crippen LogP contribution in [0.3, 0.4) is 0 Å². The Morgan fingerprint density at radius 1 is 1.28 bits per heavy atom. The minimum Gasteiger partial charge on any atom is -0.339 e. The topological polar surface area (TPSA) is 64.9 Å². The highest BCUT2D eigenvalue weighted by molar-refractivity contribution is 5.33. The van der Waals surface area contributed by atoms with Gasteiger partial charge in [-0.25, -0.2) is 0 Å². The maximum Gasteiger partial charge on any atom is 0.229 e. The van der Waals surface area contributed by atoms with Crippen LogP contribution in [-0.4, -0.2) is 10.1 Å². The average molecular weight is 245 g/mol. The van der Waals surface area contributed by atoms with Gasteiger partial charge in [-0.2, -0.15) is 4.98 Å². The van der Waals surface area contributed by atoms with Crippen molar-refractivity contribution in [3.63, 3.8) is 0 Å². The molecule has 0 bridgehead atoms. The van der Waals surface area contributed by atoms with E-state index in [4.69, 9.17) is 10.3 Å². The summed E-state index contributed by atoms with van der Waals surface area (Å²) < 4.78 is 5.20. The van der Waals surface area contributed by atoms with Gasteiger partial charge < -0.3 is 10.3 Å². The maximum atomic E-state index is 6.22. The van der Waals surface area contributed by atoms with E-state index in [2.05, 4.69) is 23.1 Å². The summed E-state index contributed by atoms with van der Waals surface area (Å²) in [6.07, 6.45) is 0.943. The summed E-state index contributed by atoms with van der Waals surface area (Å²) in [4.78, 5) is 4.36. The highest BCUT2D eigenvalue weighted by atomic mass is 16.5. The molecule has 1 heterocycles. The van der Waals surface area contributed by atoms with Crippen molar-refractivity contribution in [1.82, 2.24) is 10.1 Å². The Kier molecular flexibility index (Phi) is 3.77. The lowest BCUT2D eigenvalue weighted by molar-refractivity contribution is 0.359. The van der Waals surface area contributed by atoms with Crippen molar-refractivity contribution in [1.29, 1.82) is 0 Å². The Hall–Kier alpha value is -1.68. The lowest BCUT2D eigenvalue weighted by Gasteiger charge is -2.12. The highest BCUT2D eigenvalue weighted by Gasteiger charge is 2.19. The maximum absolute atomic E-state index is 6.22. The molecule has 0 aliphatic carbocycles. The molecule has 0 aliphatic rings. The molecule has 2 rings (SSSR count). The Labute approximate surface area is 107 Å². The van der Waals surface area contributed by atoms with Crippen molar-refractivity contribution in [2.24, 2.45) is 5.73 Å². The number of hydrogen-bond acceptors (Lipinski definition) is 4. The van der Waals surface area contributed by atoms with Gasteiger partial charge in [0, 0.05) is 5.92 Å². The molecule has 2 aromatic rings. The average Bonchev–Trinajstić information content (AvgIpc) is 2.87. The van der Waals surface area contributed by atoms with Crippen molar-refractivity contribution >= 4 is 0 Å². The molecule has 4 heteroatoms. The molecular formula is C14H19N3O. The van der Waals surface area contributed by atoms with Gasteiger partial charge in [0.15, 0.2) is 5.82 Å². The van der Waals surface area contributed by atoms with E-state index in [0.29, 0.717) is 11.7 Å². The first-order valence-electron chi connectivity index (χ1n) is 6.30. The Balaban J connectivity index is 2.32. The predicted octanol–water partition coefficient (Wildman–Crippen LogP) is 2.80. The second kappa shape index (κ2) is 5.31. The summed E-state index contributed by atoms with van der Waals surface area (Å²) in [5.74, 6) is 1.41. The van der Waals surface area contributed by atoms with Crippen LogP contribution < -0.4 is 5.73 Å². The van der Waals surface area contributed by atoms with E-state index in [1.807, 2.05) is 32.0 Å². The molecule has 0 fully saturated rings. The van der Waals surface area contributed by atoms with Gasteiger partial charge in [-0.3, -0.25) is 0 Å². The number of aryl methyl sites for hydroxylation is 1. The first-order valence-corrected chi connectivity index (χ1v) is 6.30. The van der Waals surface area contributed by atoms with Crippen molar-refractivity contribution in [3.05, 3.63) is 47.1 Å². The molecule has 0 radical (unpaired) electrons. The number of nitrogens with two attached hydrogens (primary N) is 1. The van der Waals surface area contributed by atoms with Gasteiger partial charge in [-0.15, -0.1) is 0 Å². The Morgan fingerprint density at radius 3 is 2.61 bits per heavy atom. The fraction of sp³-hybridized carbons (Fsp3) is 0.429. The summed E-state index contributed by atoms with van der Waals surface area (Å²) in [6, 6.07) is 7.79. The largest absolute Gasteiger partial charge is 0.339 e. The Morgan fingerprint density at radius 2 is 2.00 bits per heavy atom. The van der Waals surface area contributed by atoms with Crippen LogP contribution in [0.1, 0.15) is 55.6 Å². The lowest BCUT2D eigenvalue weighted by Crippen LogP contribution is -2.15. The van der Waals surface area contributed by atoms with Crippen LogP contribution in [0, 0.1) is 0 Å². The van der Waals surface area contributed by atoms with Crippen LogP contribution in [0.25, 0.3) is 0 Å². The molecule has 18 heavy (non-hydrogen) atoms. The highest BCUT2D eigenvalue weighted by Crippen LogP contribution is 2.22. The standard InChI is InChI=1S/C14H19N3O/c1-4-10-7-5-6-8-11(10)12(15)13-16-14(9(2)3)18-17-13/h5-9,12H,4,15H2,1-3H3. The third-order valence-electron chi connectivity index (χ3n) is 3.00. The second-order valence-corrected chi connectivity index (χ2v) is 4.68. The first-order chi connectivity index (χ1) is 8.63. The van der Waals surface area contributed by atoms with E-state index in [1.54, 1.807) is 0 Å². The number of nitrogens with zero attached hydrogens (tertiary/aromatic N) is 2. The molecule has 1 unspecified atom stereocenters. The van der Waals surface area contributed by atoms with Gasteiger partial charge in [0.05, 0.1) is 6.04 Å². The van der Waals surface area contributed by atoms with Gasteiger partial charge in [-0.1, -0.05) is 50.2 Å². The van der Waals surface area contributed by atoms with Crippen LogP contribution in [-0.2, 0) is 6.42 Å². The van der Waals surface area contributed by atoms with E-state index in [1.165, 1.54) is 5.56 Å². The molecule has 0 saturated heterocycles. The van der Waals surface area contributed by atoms with Gasteiger partial charge in [0.1, 0.15) is 0 Å². The van der Waals surface area contributed by atoms with E-state index in [-0.39, 0.29) is 12.0 Å². The van der Waals surface area contributed by atoms with E-state index in [0.717, 1.165) is 12.0 Å². The normalized spacial score (nSPS) is 12.9. The molecule has 96 valence electrons. The zero-order valence-corrected chi connectivity index (χ0v) is 11.1. The number of benzene rings is 1. The summed E-state index contributed by atoms with van der Waals surface area (Å²) >= 11 is 0. The Bertz CT molecular complexity index is 519. The van der Waals surface area contributed by atoms with Crippen molar-refractivity contribution in [2.75, 3.05) is 0 Å². The van der Waals surface area contributed by atoms with Gasteiger partial charge >= 0.3 is 0 Å². The molecule has 0 saturated carbocycles. The number of rotatable bonds is 4. The summed E-state index contributed by atoms with van der Waals surface area (Å²) in [5.41, 5.74) is 8.51. The SMILES string of the molecule is CCc1ccccc1C(N)c1noc(C(C)C)n1. The zero-order chi connectivity index (χ0) is 13.1. The van der Waals surface area contributed by atoms with E-state index in [9.17, 15) is 0 Å². The molecule has 0 amide bonds. The van der Waals surface area contributed by atoms with Crippen molar-refractivity contribution in [3.8, 4) is 0 Å². The minimum absolute atomic E-state index is 0.222. The third-order valence-corrected chi connectivity index (χ3v) is 3.00. The van der Waals surface area contributed by atoms with Crippen LogP contribution in [0.2, 0.25) is 0 Å². The fourth-order valence-electron chi connectivity index (χ4n) is 1.91. The second-order valence-electron chi connectivity index (χ2n) is 4.68. The van der Waals surface area contributed by atoms with Gasteiger partial charge in [0.25, 0.3) is 0 Å². The number of hydrogen-bond donors (Lipinski definition) is 1. The molecule has 1 aromatic heterocycles. The predicted molar refractivity (Wildman–Crippen MR) is 70.2 cm³/mol. The summed E-state index contributed by atoms with van der Waals surface area (Å²) in [6.45, 7) is 6.15. The molecule has 0 spiro atoms. The van der Waals surface area contributed by atoms with Crippen molar-refractivity contribution in [2.45, 2.75) is 39.2 Å². The van der Waals surface area contributed by atoms with E-state index < -0.39 is 0 Å². The number of aromatic nitrogens is 2. The smallest absolute Gasteiger partial charge is 0.229 e. The molecule has 4 nitrogen and oxygen atoms in total. The quantitative estimate of drug-likeness (QED) is 0.899. The minimum atomic E-state index is -0.322. The van der Waals surface area contributed by atoms with Gasteiger partial charge in [-0.05, 0) is 17.5 Å². The fourth-order valence-corrected chi connectivity index (χ4v) is 1.91. The molecule has 0 aliphatic heterocycles. The molecular weight excluding hydrogens is 226 g/mol. The molecule has 1 atom stereocenters. The van der Waals surface area contributed by atoms with Gasteiger partial charge in [0.2, 0.25) is 5.89 Å². The summed E-state index contributed by atoms with van der Waals surface area (Å²) in [7, 11) is 0. The van der Waals surface area contributed by atoms with E-state index >= 15 is 0 Å². The van der Waals surface area contributed by atoms with Crippen LogP contribution in [0.15, 0.2) is 28.8 Å². The monoisotopic (exact) mass is 245 g/mol. The third kappa shape index (κ3) is 2.43. The van der Waals surface area contributed by atoms with Crippen LogP contribution in [0.4, 0.5) is 0 Å². The van der Waals surface area contributed by atoms with Crippen molar-refractivity contribution < 1.29 is 4.52 Å². The summed E-state index contributed by atoms with van der Waals surface area (Å²) in [5, 5.41) is 3.98. The lowest BCUT2D eigenvalue weighted by atomic mass is 9.99.